The molecule has 0 fully saturated rings. The van der Waals surface area contributed by atoms with Crippen LogP contribution in [0.1, 0.15) is 20.3 Å². The maximum absolute atomic E-state index is 9.43. The monoisotopic (exact) mass is 203 g/mol. The number of carboxylic acids is 2. The minimum absolute atomic E-state index is 0.250. The molecule has 5 nitrogen and oxygen atoms in total. The van der Waals surface area contributed by atoms with Gasteiger partial charge >= 0.3 is 33.6 Å². The fourth-order valence-electron chi connectivity index (χ4n) is 0.129. The van der Waals surface area contributed by atoms with Crippen molar-refractivity contribution in [2.45, 2.75) is 24.8 Å². The van der Waals surface area contributed by atoms with Crippen molar-refractivity contribution < 1.29 is 24.9 Å². The van der Waals surface area contributed by atoms with E-state index in [1.807, 2.05) is 21.7 Å². The van der Waals surface area contributed by atoms with Crippen LogP contribution in [0, 0.1) is 0 Å². The Bertz CT molecular complexity index is 112. The van der Waals surface area contributed by atoms with E-state index < -0.39 is 18.4 Å². The summed E-state index contributed by atoms with van der Waals surface area (Å²) in [6.45, 7) is 4.07. The van der Waals surface area contributed by atoms with Gasteiger partial charge in [-0.1, -0.05) is 0 Å². The molecule has 0 aliphatic rings. The number of carboxylic acid groups (broad SMARTS) is 2. The van der Waals surface area contributed by atoms with Gasteiger partial charge in [0.15, 0.2) is 0 Å². The van der Waals surface area contributed by atoms with Gasteiger partial charge in [0.05, 0.1) is 0 Å². The number of aliphatic carboxylic acids is 2. The molecule has 6 heteroatoms. The van der Waals surface area contributed by atoms with Crippen LogP contribution in [-0.4, -0.2) is 55.6 Å². The maximum atomic E-state index is 9.43. The molecular weight excluding hydrogens is 188 g/mol. The Kier molecular flexibility index (Phi) is 25.1. The average molecular weight is 203 g/mol. The Hall–Kier alpha value is -0.334. The van der Waals surface area contributed by atoms with Gasteiger partial charge in [-0.25, -0.2) is 0 Å². The van der Waals surface area contributed by atoms with E-state index in [1.54, 1.807) is 6.92 Å². The number of aliphatic hydroxyl groups is 1. The van der Waals surface area contributed by atoms with Crippen molar-refractivity contribution >= 4 is 33.6 Å². The third kappa shape index (κ3) is 81.1. The van der Waals surface area contributed by atoms with Crippen molar-refractivity contribution in [3.8, 4) is 0 Å². The summed E-state index contributed by atoms with van der Waals surface area (Å²) in [5, 5.41) is 23.0. The van der Waals surface area contributed by atoms with Crippen LogP contribution in [-0.2, 0) is 9.59 Å². The highest BCUT2D eigenvalue weighted by molar-refractivity contribution is 6.08. The number of rotatable bonds is 2. The van der Waals surface area contributed by atoms with Crippen LogP contribution in [0.4, 0.5) is 0 Å². The molecule has 7 radical (unpaired) electrons. The zero-order valence-corrected chi connectivity index (χ0v) is 9.40. The van der Waals surface area contributed by atoms with Gasteiger partial charge in [0.1, 0.15) is 6.42 Å². The molecule has 0 aromatic carbocycles. The summed E-state index contributed by atoms with van der Waals surface area (Å²) < 4.78 is 1.28. The lowest BCUT2D eigenvalue weighted by atomic mass is 10.5. The van der Waals surface area contributed by atoms with Gasteiger partial charge < -0.3 is 15.3 Å². The van der Waals surface area contributed by atoms with Crippen LogP contribution in [0.5, 0.6) is 0 Å². The molecule has 0 spiro atoms. The molecule has 0 aromatic heterocycles. The molecule has 0 amide bonds. The third-order valence-corrected chi connectivity index (χ3v) is 0.302. The van der Waals surface area contributed by atoms with Crippen LogP contribution < -0.4 is 0 Å². The Morgan fingerprint density at radius 2 is 1.31 bits per heavy atom. The summed E-state index contributed by atoms with van der Waals surface area (Å²) in [6, 6.07) is 0. The average Bonchev–Trinajstić information content (AvgIpc) is 1.86. The van der Waals surface area contributed by atoms with E-state index in [1.165, 1.54) is 4.55 Å². The molecule has 0 saturated heterocycles. The summed E-state index contributed by atoms with van der Waals surface area (Å²) in [4.78, 5) is 18.9. The van der Waals surface area contributed by atoms with Crippen LogP contribution in [0.15, 0.2) is 0 Å². The Morgan fingerprint density at radius 3 is 1.31 bits per heavy atom. The minimum atomic E-state index is -1.31. The quantitative estimate of drug-likeness (QED) is 0.438. The van der Waals surface area contributed by atoms with Crippen LogP contribution in [0.2, 0.25) is 4.55 Å². The Labute approximate surface area is 90.2 Å². The molecule has 0 bridgehead atoms. The number of carbonyl (C=O) groups is 2. The predicted molar refractivity (Wildman–Crippen MR) is 48.9 cm³/mol. The number of aliphatic hydroxyl groups excluding tert-OH is 1. The molecule has 0 rings (SSSR count). The van der Waals surface area contributed by atoms with E-state index in [-0.39, 0.29) is 6.61 Å². The first-order valence-corrected chi connectivity index (χ1v) is 4.79. The van der Waals surface area contributed by atoms with Gasteiger partial charge in [-0.2, -0.15) is 0 Å². The molecule has 3 N–H and O–H groups in total. The molecule has 0 aliphatic heterocycles. The third-order valence-electron chi connectivity index (χ3n) is 0.302. The molecule has 0 saturated carbocycles. The second-order valence-electron chi connectivity index (χ2n) is 1.78. The Balaban J connectivity index is -0.000000140. The molecule has 0 aliphatic carbocycles. The summed E-state index contributed by atoms with van der Waals surface area (Å²) in [7, 11) is 0. The van der Waals surface area contributed by atoms with Crippen LogP contribution in [0.3, 0.4) is 0 Å². The van der Waals surface area contributed by atoms with Crippen molar-refractivity contribution in [1.29, 1.82) is 0 Å². The van der Waals surface area contributed by atoms with E-state index in [0.717, 1.165) is 0 Å². The lowest BCUT2D eigenvalue weighted by Gasteiger charge is -1.80. The number of hydrogen-bond donors (Lipinski definition) is 3. The largest absolute Gasteiger partial charge is 1.41 e. The highest BCUT2D eigenvalue weighted by Gasteiger charge is 2.13. The SMILES string of the molecule is CCO.C[CH2][Mg+2].O=C(O)CC(=O)O. The molecule has 73 valence electrons. The van der Waals surface area contributed by atoms with Crippen molar-refractivity contribution in [3.63, 3.8) is 0 Å². The van der Waals surface area contributed by atoms with Gasteiger partial charge in [0, 0.05) is 13.5 Å². The molecule has 0 unspecified atom stereocenters. The van der Waals surface area contributed by atoms with E-state index in [4.69, 9.17) is 15.3 Å². The smallest absolute Gasteiger partial charge is 0.481 e. The van der Waals surface area contributed by atoms with Crippen LogP contribution in [0.25, 0.3) is 0 Å². The normalized spacial score (nSPS) is 7.08. The van der Waals surface area contributed by atoms with Crippen LogP contribution >= 0.6 is 0 Å². The van der Waals surface area contributed by atoms with E-state index in [2.05, 4.69) is 6.92 Å². The van der Waals surface area contributed by atoms with E-state index >= 15 is 0 Å². The first-order chi connectivity index (χ1) is 5.95. The maximum Gasteiger partial charge on any atom is 1.41 e. The summed E-state index contributed by atoms with van der Waals surface area (Å²) >= 11 is 1.97. The zero-order valence-electron chi connectivity index (χ0n) is 7.99. The van der Waals surface area contributed by atoms with Gasteiger partial charge in [-0.3, -0.25) is 9.59 Å². The fourth-order valence-corrected chi connectivity index (χ4v) is 0.129. The van der Waals surface area contributed by atoms with Crippen molar-refractivity contribution in [2.24, 2.45) is 0 Å². The van der Waals surface area contributed by atoms with E-state index in [0.29, 0.717) is 0 Å². The summed E-state index contributed by atoms with van der Waals surface area (Å²) in [6.07, 6.45) is -0.806. The molecular formula is C7H15MgO5+2. The topological polar surface area (TPSA) is 94.8 Å². The second-order valence-corrected chi connectivity index (χ2v) is 2.78. The predicted octanol–water partition coefficient (Wildman–Crippen LogP) is 0.137. The first-order valence-electron chi connectivity index (χ1n) is 3.79. The molecule has 0 atom stereocenters. The van der Waals surface area contributed by atoms with Gasteiger partial charge in [0.2, 0.25) is 0 Å². The zero-order chi connectivity index (χ0) is 11.3. The van der Waals surface area contributed by atoms with Crippen molar-refractivity contribution in [2.75, 3.05) is 6.61 Å². The second kappa shape index (κ2) is 17.7. The minimum Gasteiger partial charge on any atom is -0.481 e. The highest BCUT2D eigenvalue weighted by Crippen LogP contribution is 1.74. The highest BCUT2D eigenvalue weighted by atomic mass is 24.4. The fraction of sp³-hybridized carbons (Fsp3) is 0.714. The van der Waals surface area contributed by atoms with Gasteiger partial charge in [0.25, 0.3) is 4.55 Å². The molecule has 0 aromatic rings. The van der Waals surface area contributed by atoms with Crippen molar-refractivity contribution in [1.82, 2.24) is 0 Å². The number of hydrogen-bond acceptors (Lipinski definition) is 3. The van der Waals surface area contributed by atoms with Gasteiger partial charge in [-0.05, 0) is 6.92 Å². The van der Waals surface area contributed by atoms with Crippen molar-refractivity contribution in [3.05, 3.63) is 0 Å². The lowest BCUT2D eigenvalue weighted by molar-refractivity contribution is -0.147. The lowest BCUT2D eigenvalue weighted by Crippen LogP contribution is -2.03. The molecule has 0 heterocycles. The Morgan fingerprint density at radius 1 is 1.15 bits per heavy atom. The summed E-state index contributed by atoms with van der Waals surface area (Å²) in [5.74, 6) is -2.62. The molecule has 13 heavy (non-hydrogen) atoms. The first kappa shape index (κ1) is 18.4. The standard InChI is InChI=1S/C3H4O4.C2H6O.C2H5.Mg/c4-2(5)1-3(6)7;1-2-3;1-2;/h1H2,(H,4,5)(H,6,7);3H,2H2,1H3;1H2,2H3;/q;;;+2. The summed E-state index contributed by atoms with van der Waals surface area (Å²) in [5.41, 5.74) is 0. The van der Waals surface area contributed by atoms with Gasteiger partial charge in [-0.15, -0.1) is 0 Å². The van der Waals surface area contributed by atoms with E-state index in [9.17, 15) is 9.59 Å².